The Labute approximate surface area is 77.6 Å². The number of nitrogens with one attached hydrogen (secondary N) is 1. The molecule has 0 spiro atoms. The minimum absolute atomic E-state index is 0.184. The van der Waals surface area contributed by atoms with Crippen LogP contribution in [0.5, 0.6) is 0 Å². The van der Waals surface area contributed by atoms with Crippen LogP contribution in [0.1, 0.15) is 26.2 Å². The van der Waals surface area contributed by atoms with Gasteiger partial charge in [0.2, 0.25) is 5.91 Å². The number of hydrogen-bond acceptors (Lipinski definition) is 3. The Kier molecular flexibility index (Phi) is 3.28. The molecule has 0 aromatic heterocycles. The molecule has 4 heteroatoms. The van der Waals surface area contributed by atoms with Crippen LogP contribution in [0.2, 0.25) is 0 Å². The molecular weight excluding hydrogens is 170 g/mol. The van der Waals surface area contributed by atoms with Gasteiger partial charge in [0.15, 0.2) is 0 Å². The predicted octanol–water partition coefficient (Wildman–Crippen LogP) is 0.464. The maximum absolute atomic E-state index is 11.2. The lowest BCUT2D eigenvalue weighted by Gasteiger charge is -2.14. The minimum atomic E-state index is -0.449. The number of esters is 1. The molecule has 1 aliphatic carbocycles. The lowest BCUT2D eigenvalue weighted by Crippen LogP contribution is -2.40. The molecule has 1 atom stereocenters. The molecule has 1 aliphatic rings. The fourth-order valence-corrected chi connectivity index (χ4v) is 1.29. The van der Waals surface area contributed by atoms with Gasteiger partial charge >= 0.3 is 5.97 Å². The molecule has 13 heavy (non-hydrogen) atoms. The first-order valence-corrected chi connectivity index (χ1v) is 4.48. The summed E-state index contributed by atoms with van der Waals surface area (Å²) in [5.74, 6) is 0.0640. The van der Waals surface area contributed by atoms with Gasteiger partial charge in [-0.2, -0.15) is 0 Å². The van der Waals surface area contributed by atoms with Crippen LogP contribution in [0.3, 0.4) is 0 Å². The first-order chi connectivity index (χ1) is 6.13. The normalized spacial score (nSPS) is 17.7. The zero-order valence-corrected chi connectivity index (χ0v) is 8.00. The summed E-state index contributed by atoms with van der Waals surface area (Å²) in [6, 6.07) is -0.449. The lowest BCUT2D eigenvalue weighted by molar-refractivity contribution is -0.145. The SMILES string of the molecule is COC(=O)[C@@H](CC1CC1)NC(C)=O. The first-order valence-electron chi connectivity index (χ1n) is 4.48. The van der Waals surface area contributed by atoms with E-state index in [1.165, 1.54) is 14.0 Å². The number of carbonyl (C=O) groups is 2. The molecular formula is C9H15NO3. The van der Waals surface area contributed by atoms with Gasteiger partial charge in [0, 0.05) is 6.92 Å². The van der Waals surface area contributed by atoms with Crippen LogP contribution in [0.15, 0.2) is 0 Å². The third-order valence-electron chi connectivity index (χ3n) is 2.13. The van der Waals surface area contributed by atoms with Gasteiger partial charge in [-0.1, -0.05) is 12.8 Å². The Morgan fingerprint density at radius 2 is 2.15 bits per heavy atom. The number of rotatable bonds is 4. The fraction of sp³-hybridized carbons (Fsp3) is 0.778. The van der Waals surface area contributed by atoms with E-state index in [1.54, 1.807) is 0 Å². The third kappa shape index (κ3) is 3.44. The highest BCUT2D eigenvalue weighted by Gasteiger charge is 2.30. The molecule has 1 amide bonds. The summed E-state index contributed by atoms with van der Waals surface area (Å²) in [7, 11) is 1.34. The average molecular weight is 185 g/mol. The average Bonchev–Trinajstić information content (AvgIpc) is 2.85. The summed E-state index contributed by atoms with van der Waals surface area (Å²) < 4.78 is 4.59. The Hall–Kier alpha value is -1.06. The molecule has 74 valence electrons. The molecule has 0 aliphatic heterocycles. The number of methoxy groups -OCH3 is 1. The number of carbonyl (C=O) groups excluding carboxylic acids is 2. The fourth-order valence-electron chi connectivity index (χ4n) is 1.29. The van der Waals surface area contributed by atoms with Crippen molar-refractivity contribution in [1.82, 2.24) is 5.32 Å². The van der Waals surface area contributed by atoms with Gasteiger partial charge in [-0.25, -0.2) is 4.79 Å². The van der Waals surface area contributed by atoms with Crippen molar-refractivity contribution in [3.8, 4) is 0 Å². The van der Waals surface area contributed by atoms with Gasteiger partial charge in [0.05, 0.1) is 7.11 Å². The largest absolute Gasteiger partial charge is 0.467 e. The number of amides is 1. The predicted molar refractivity (Wildman–Crippen MR) is 47.0 cm³/mol. The van der Waals surface area contributed by atoms with E-state index in [9.17, 15) is 9.59 Å². The van der Waals surface area contributed by atoms with Crippen molar-refractivity contribution in [2.45, 2.75) is 32.2 Å². The Morgan fingerprint density at radius 3 is 2.54 bits per heavy atom. The maximum Gasteiger partial charge on any atom is 0.328 e. The second-order valence-corrected chi connectivity index (χ2v) is 3.46. The van der Waals surface area contributed by atoms with Crippen LogP contribution in [-0.2, 0) is 14.3 Å². The Morgan fingerprint density at radius 1 is 1.54 bits per heavy atom. The second kappa shape index (κ2) is 4.25. The van der Waals surface area contributed by atoms with Crippen LogP contribution in [0.4, 0.5) is 0 Å². The summed E-state index contributed by atoms with van der Waals surface area (Å²) in [6.45, 7) is 1.41. The molecule has 1 N–H and O–H groups in total. The molecule has 4 nitrogen and oxygen atoms in total. The van der Waals surface area contributed by atoms with Gasteiger partial charge in [0.25, 0.3) is 0 Å². The third-order valence-corrected chi connectivity index (χ3v) is 2.13. The van der Waals surface area contributed by atoms with Gasteiger partial charge in [-0.05, 0) is 12.3 Å². The van der Waals surface area contributed by atoms with Gasteiger partial charge < -0.3 is 10.1 Å². The van der Waals surface area contributed by atoms with E-state index in [0.29, 0.717) is 12.3 Å². The van der Waals surface area contributed by atoms with Gasteiger partial charge in [-0.3, -0.25) is 4.79 Å². The zero-order valence-electron chi connectivity index (χ0n) is 8.00. The first kappa shape index (κ1) is 10.0. The zero-order chi connectivity index (χ0) is 9.84. The van der Waals surface area contributed by atoms with Crippen molar-refractivity contribution >= 4 is 11.9 Å². The standard InChI is InChI=1S/C9H15NO3/c1-6(11)10-8(9(12)13-2)5-7-3-4-7/h7-8H,3-5H2,1-2H3,(H,10,11)/t8-/m1/s1. The highest BCUT2D eigenvalue weighted by Crippen LogP contribution is 2.33. The topological polar surface area (TPSA) is 55.4 Å². The van der Waals surface area contributed by atoms with Crippen LogP contribution in [0, 0.1) is 5.92 Å². The molecule has 0 aromatic rings. The van der Waals surface area contributed by atoms with Crippen molar-refractivity contribution in [2.75, 3.05) is 7.11 Å². The van der Waals surface area contributed by atoms with Crippen molar-refractivity contribution in [1.29, 1.82) is 0 Å². The molecule has 1 rings (SSSR count). The smallest absolute Gasteiger partial charge is 0.328 e. The summed E-state index contributed by atoms with van der Waals surface area (Å²) in [5.41, 5.74) is 0. The van der Waals surface area contributed by atoms with Crippen molar-refractivity contribution < 1.29 is 14.3 Å². The lowest BCUT2D eigenvalue weighted by atomic mass is 10.1. The van der Waals surface area contributed by atoms with Crippen molar-refractivity contribution in [2.24, 2.45) is 5.92 Å². The van der Waals surface area contributed by atoms with E-state index in [0.717, 1.165) is 12.8 Å². The molecule has 0 aromatic carbocycles. The maximum atomic E-state index is 11.2. The highest BCUT2D eigenvalue weighted by atomic mass is 16.5. The quantitative estimate of drug-likeness (QED) is 0.647. The molecule has 0 heterocycles. The summed E-state index contributed by atoms with van der Waals surface area (Å²) >= 11 is 0. The highest BCUT2D eigenvalue weighted by molar-refractivity contribution is 5.83. The van der Waals surface area contributed by atoms with E-state index >= 15 is 0 Å². The monoisotopic (exact) mass is 185 g/mol. The van der Waals surface area contributed by atoms with E-state index < -0.39 is 6.04 Å². The molecule has 0 radical (unpaired) electrons. The molecule has 0 unspecified atom stereocenters. The van der Waals surface area contributed by atoms with Crippen molar-refractivity contribution in [3.05, 3.63) is 0 Å². The van der Waals surface area contributed by atoms with E-state index in [-0.39, 0.29) is 11.9 Å². The summed E-state index contributed by atoms with van der Waals surface area (Å²) in [4.78, 5) is 21.9. The molecule has 1 saturated carbocycles. The van der Waals surface area contributed by atoms with Crippen molar-refractivity contribution in [3.63, 3.8) is 0 Å². The minimum Gasteiger partial charge on any atom is -0.467 e. The Balaban J connectivity index is 2.41. The second-order valence-electron chi connectivity index (χ2n) is 3.46. The Bertz CT molecular complexity index is 211. The van der Waals surface area contributed by atoms with Crippen LogP contribution in [-0.4, -0.2) is 25.0 Å². The van der Waals surface area contributed by atoms with E-state index in [1.807, 2.05) is 0 Å². The molecule has 0 saturated heterocycles. The summed E-state index contributed by atoms with van der Waals surface area (Å²) in [5, 5.41) is 2.59. The van der Waals surface area contributed by atoms with E-state index in [2.05, 4.69) is 10.1 Å². The van der Waals surface area contributed by atoms with Gasteiger partial charge in [-0.15, -0.1) is 0 Å². The molecule has 1 fully saturated rings. The molecule has 0 bridgehead atoms. The van der Waals surface area contributed by atoms with Crippen LogP contribution >= 0.6 is 0 Å². The van der Waals surface area contributed by atoms with E-state index in [4.69, 9.17) is 0 Å². The van der Waals surface area contributed by atoms with Crippen LogP contribution < -0.4 is 5.32 Å². The van der Waals surface area contributed by atoms with Crippen LogP contribution in [0.25, 0.3) is 0 Å². The summed E-state index contributed by atoms with van der Waals surface area (Å²) in [6.07, 6.45) is 3.03. The number of ether oxygens (including phenoxy) is 1. The van der Waals surface area contributed by atoms with Gasteiger partial charge in [0.1, 0.15) is 6.04 Å². The number of hydrogen-bond donors (Lipinski definition) is 1.